The Bertz CT molecular complexity index is 271. The van der Waals surface area contributed by atoms with E-state index < -0.39 is 0 Å². The molecule has 2 atom stereocenters. The van der Waals surface area contributed by atoms with Crippen molar-refractivity contribution in [3.05, 3.63) is 0 Å². The van der Waals surface area contributed by atoms with Crippen LogP contribution in [0.4, 0.5) is 0 Å². The molecular weight excluding hydrogens is 234 g/mol. The molecule has 3 nitrogen and oxygen atoms in total. The molecule has 3 heteroatoms. The maximum atomic E-state index is 3.70. The molecule has 2 unspecified atom stereocenters. The summed E-state index contributed by atoms with van der Waals surface area (Å²) >= 11 is 0. The molecule has 2 saturated heterocycles. The lowest BCUT2D eigenvalue weighted by Crippen LogP contribution is -2.44. The summed E-state index contributed by atoms with van der Waals surface area (Å²) < 4.78 is 0. The van der Waals surface area contributed by atoms with Crippen LogP contribution in [-0.4, -0.2) is 61.2 Å². The lowest BCUT2D eigenvalue weighted by Gasteiger charge is -2.34. The number of hydrogen-bond donors (Lipinski definition) is 1. The van der Waals surface area contributed by atoms with Crippen LogP contribution >= 0.6 is 0 Å². The van der Waals surface area contributed by atoms with Crippen molar-refractivity contribution in [2.75, 3.05) is 39.3 Å². The minimum atomic E-state index is 0.760. The van der Waals surface area contributed by atoms with Gasteiger partial charge in [0, 0.05) is 25.2 Å². The second-order valence-electron chi connectivity index (χ2n) is 7.04. The van der Waals surface area contributed by atoms with E-state index in [1.807, 2.05) is 0 Å². The third-order valence-electron chi connectivity index (χ3n) is 5.18. The molecule has 1 aliphatic carbocycles. The second-order valence-corrected chi connectivity index (χ2v) is 7.04. The van der Waals surface area contributed by atoms with Crippen LogP contribution in [0.1, 0.15) is 45.4 Å². The Labute approximate surface area is 118 Å². The number of nitrogens with one attached hydrogen (secondary N) is 1. The number of hydrogen-bond acceptors (Lipinski definition) is 3. The monoisotopic (exact) mass is 265 g/mol. The molecule has 0 aromatic rings. The Hall–Kier alpha value is -0.120. The summed E-state index contributed by atoms with van der Waals surface area (Å²) in [5, 5.41) is 3.70. The van der Waals surface area contributed by atoms with E-state index in [0.29, 0.717) is 0 Å². The van der Waals surface area contributed by atoms with Crippen LogP contribution in [0.2, 0.25) is 0 Å². The van der Waals surface area contributed by atoms with Crippen LogP contribution in [0.3, 0.4) is 0 Å². The van der Waals surface area contributed by atoms with Crippen molar-refractivity contribution in [2.45, 2.75) is 57.5 Å². The lowest BCUT2D eigenvalue weighted by atomic mass is 10.1. The van der Waals surface area contributed by atoms with E-state index in [1.165, 1.54) is 77.8 Å². The summed E-state index contributed by atoms with van der Waals surface area (Å²) in [6.07, 6.45) is 8.52. The van der Waals surface area contributed by atoms with Crippen LogP contribution in [0.15, 0.2) is 0 Å². The summed E-state index contributed by atoms with van der Waals surface area (Å²) in [4.78, 5) is 5.41. The first kappa shape index (κ1) is 13.8. The van der Waals surface area contributed by atoms with Gasteiger partial charge in [-0.3, -0.25) is 4.90 Å². The van der Waals surface area contributed by atoms with E-state index in [9.17, 15) is 0 Å². The molecule has 19 heavy (non-hydrogen) atoms. The zero-order valence-electron chi connectivity index (χ0n) is 12.6. The summed E-state index contributed by atoms with van der Waals surface area (Å²) in [7, 11) is 0. The molecular formula is C16H31N3. The molecule has 2 aliphatic heterocycles. The fraction of sp³-hybridized carbons (Fsp3) is 1.00. The standard InChI is InChI=1S/C16H31N3/c1-14(19-8-3-2-4-9-19)12-18-10-7-15(13-18)11-17-16-5-6-16/h14-17H,2-13H2,1H3. The third kappa shape index (κ3) is 4.17. The number of likely N-dealkylation sites (tertiary alicyclic amines) is 2. The Morgan fingerprint density at radius 1 is 1.05 bits per heavy atom. The highest BCUT2D eigenvalue weighted by Crippen LogP contribution is 2.22. The first-order chi connectivity index (χ1) is 9.31. The number of piperidine rings is 1. The second kappa shape index (κ2) is 6.55. The molecule has 3 rings (SSSR count). The van der Waals surface area contributed by atoms with Crippen molar-refractivity contribution >= 4 is 0 Å². The number of nitrogens with zero attached hydrogens (tertiary/aromatic N) is 2. The van der Waals surface area contributed by atoms with Crippen molar-refractivity contribution in [2.24, 2.45) is 5.92 Å². The molecule has 0 aromatic carbocycles. The molecule has 0 bridgehead atoms. The highest BCUT2D eigenvalue weighted by atomic mass is 15.2. The Morgan fingerprint density at radius 3 is 2.58 bits per heavy atom. The average Bonchev–Trinajstić information content (AvgIpc) is 3.17. The maximum absolute atomic E-state index is 3.70. The third-order valence-corrected chi connectivity index (χ3v) is 5.18. The zero-order chi connectivity index (χ0) is 13.1. The van der Waals surface area contributed by atoms with Gasteiger partial charge in [0.25, 0.3) is 0 Å². The van der Waals surface area contributed by atoms with Crippen molar-refractivity contribution in [3.8, 4) is 0 Å². The highest BCUT2D eigenvalue weighted by Gasteiger charge is 2.27. The minimum absolute atomic E-state index is 0.760. The van der Waals surface area contributed by atoms with E-state index in [1.54, 1.807) is 0 Å². The lowest BCUT2D eigenvalue weighted by molar-refractivity contribution is 0.137. The van der Waals surface area contributed by atoms with Gasteiger partial charge in [-0.25, -0.2) is 0 Å². The molecule has 0 aromatic heterocycles. The van der Waals surface area contributed by atoms with E-state index in [2.05, 4.69) is 22.0 Å². The first-order valence-corrected chi connectivity index (χ1v) is 8.51. The summed E-state index contributed by atoms with van der Waals surface area (Å²) in [5.41, 5.74) is 0. The van der Waals surface area contributed by atoms with Gasteiger partial charge >= 0.3 is 0 Å². The van der Waals surface area contributed by atoms with Gasteiger partial charge in [0.2, 0.25) is 0 Å². The molecule has 0 spiro atoms. The SMILES string of the molecule is CC(CN1CCC(CNC2CC2)C1)N1CCCCC1. The van der Waals surface area contributed by atoms with Crippen molar-refractivity contribution in [3.63, 3.8) is 0 Å². The van der Waals surface area contributed by atoms with Crippen molar-refractivity contribution < 1.29 is 0 Å². The predicted molar refractivity (Wildman–Crippen MR) is 80.5 cm³/mol. The average molecular weight is 265 g/mol. The molecule has 3 aliphatic rings. The van der Waals surface area contributed by atoms with E-state index >= 15 is 0 Å². The van der Waals surface area contributed by atoms with Gasteiger partial charge in [-0.05, 0) is 71.1 Å². The smallest absolute Gasteiger partial charge is 0.0194 e. The molecule has 0 amide bonds. The van der Waals surface area contributed by atoms with E-state index in [0.717, 1.165) is 18.0 Å². The number of rotatable bonds is 6. The fourth-order valence-electron chi connectivity index (χ4n) is 3.71. The van der Waals surface area contributed by atoms with Crippen LogP contribution in [0.5, 0.6) is 0 Å². The largest absolute Gasteiger partial charge is 0.314 e. The fourth-order valence-corrected chi connectivity index (χ4v) is 3.71. The van der Waals surface area contributed by atoms with Gasteiger partial charge in [-0.1, -0.05) is 6.42 Å². The van der Waals surface area contributed by atoms with Crippen LogP contribution < -0.4 is 5.32 Å². The Balaban J connectivity index is 1.35. The van der Waals surface area contributed by atoms with Gasteiger partial charge in [0.05, 0.1) is 0 Å². The topological polar surface area (TPSA) is 18.5 Å². The molecule has 110 valence electrons. The molecule has 1 saturated carbocycles. The van der Waals surface area contributed by atoms with Crippen LogP contribution in [0, 0.1) is 5.92 Å². The zero-order valence-corrected chi connectivity index (χ0v) is 12.6. The maximum Gasteiger partial charge on any atom is 0.0194 e. The van der Waals surface area contributed by atoms with Gasteiger partial charge in [-0.15, -0.1) is 0 Å². The van der Waals surface area contributed by atoms with Gasteiger partial charge in [-0.2, -0.15) is 0 Å². The minimum Gasteiger partial charge on any atom is -0.314 e. The Kier molecular flexibility index (Phi) is 4.78. The highest BCUT2D eigenvalue weighted by molar-refractivity contribution is 4.85. The molecule has 3 fully saturated rings. The van der Waals surface area contributed by atoms with Crippen LogP contribution in [0.25, 0.3) is 0 Å². The van der Waals surface area contributed by atoms with E-state index in [-0.39, 0.29) is 0 Å². The summed E-state index contributed by atoms with van der Waals surface area (Å²) in [6.45, 7) is 10.3. The van der Waals surface area contributed by atoms with Crippen molar-refractivity contribution in [1.29, 1.82) is 0 Å². The van der Waals surface area contributed by atoms with Gasteiger partial charge < -0.3 is 10.2 Å². The first-order valence-electron chi connectivity index (χ1n) is 8.51. The van der Waals surface area contributed by atoms with Crippen LogP contribution in [-0.2, 0) is 0 Å². The molecule has 2 heterocycles. The Morgan fingerprint density at radius 2 is 1.84 bits per heavy atom. The molecule has 0 radical (unpaired) electrons. The van der Waals surface area contributed by atoms with Gasteiger partial charge in [0.1, 0.15) is 0 Å². The summed E-state index contributed by atoms with van der Waals surface area (Å²) in [6, 6.07) is 1.64. The van der Waals surface area contributed by atoms with E-state index in [4.69, 9.17) is 0 Å². The normalized spacial score (nSPS) is 31.7. The van der Waals surface area contributed by atoms with Gasteiger partial charge in [0.15, 0.2) is 0 Å². The predicted octanol–water partition coefficient (Wildman–Crippen LogP) is 1.93. The quantitative estimate of drug-likeness (QED) is 0.792. The van der Waals surface area contributed by atoms with Crippen molar-refractivity contribution in [1.82, 2.24) is 15.1 Å². The molecule has 1 N–H and O–H groups in total. The summed E-state index contributed by atoms with van der Waals surface area (Å²) in [5.74, 6) is 0.911.